The van der Waals surface area contributed by atoms with Crippen molar-refractivity contribution in [3.63, 3.8) is 0 Å². The van der Waals surface area contributed by atoms with Crippen LogP contribution in [0.1, 0.15) is 37.7 Å². The van der Waals surface area contributed by atoms with Gasteiger partial charge >= 0.3 is 0 Å². The van der Waals surface area contributed by atoms with Crippen molar-refractivity contribution in [2.75, 3.05) is 6.54 Å². The summed E-state index contributed by atoms with van der Waals surface area (Å²) in [5.74, 6) is -0.000779. The van der Waals surface area contributed by atoms with Crippen LogP contribution in [0.4, 0.5) is 0 Å². The van der Waals surface area contributed by atoms with E-state index in [1.165, 1.54) is 11.6 Å². The smallest absolute Gasteiger partial charge is 0.246 e. The highest BCUT2D eigenvalue weighted by molar-refractivity contribution is 5.87. The Labute approximate surface area is 108 Å². The van der Waals surface area contributed by atoms with Gasteiger partial charge in [0, 0.05) is 12.0 Å². The quantitative estimate of drug-likeness (QED) is 0.712. The zero-order valence-corrected chi connectivity index (χ0v) is 11.7. The normalized spacial score (nSPS) is 15.4. The van der Waals surface area contributed by atoms with E-state index in [9.17, 15) is 4.79 Å². The number of hydrogen-bond donors (Lipinski definition) is 0. The summed E-state index contributed by atoms with van der Waals surface area (Å²) in [5, 5.41) is 4.69. The number of rotatable bonds is 1. The Kier molecular flexibility index (Phi) is 3.05. The molecule has 0 N–H and O–H groups in total. The van der Waals surface area contributed by atoms with E-state index in [2.05, 4.69) is 34.3 Å². The van der Waals surface area contributed by atoms with Crippen molar-refractivity contribution in [3.8, 4) is 0 Å². The molecule has 0 saturated heterocycles. The molecule has 1 aliphatic heterocycles. The molecule has 0 spiro atoms. The Morgan fingerprint density at radius 2 is 2.06 bits per heavy atom. The number of fused-ring (bicyclic) bond motifs is 1. The second-order valence-corrected chi connectivity index (χ2v) is 5.86. The largest absolute Gasteiger partial charge is 0.331 e. The standard InChI is InChI=1S/C14H21N3O/c1-6-12(18)16-7-8-17-11(9-16)10(2)13(15-17)14(3,4)5/h6H,1,7-9H2,2-5H3. The second kappa shape index (κ2) is 4.26. The molecule has 1 aromatic rings. The number of nitrogens with zero attached hydrogens (tertiary/aromatic N) is 3. The number of carbonyl (C=O) groups is 1. The summed E-state index contributed by atoms with van der Waals surface area (Å²) >= 11 is 0. The molecule has 0 aromatic carbocycles. The number of carbonyl (C=O) groups excluding carboxylic acids is 1. The summed E-state index contributed by atoms with van der Waals surface area (Å²) in [7, 11) is 0. The maximum atomic E-state index is 11.7. The van der Waals surface area contributed by atoms with E-state index in [1.807, 2.05) is 9.58 Å². The fourth-order valence-corrected chi connectivity index (χ4v) is 2.48. The van der Waals surface area contributed by atoms with Crippen LogP contribution in [0.2, 0.25) is 0 Å². The predicted molar refractivity (Wildman–Crippen MR) is 71.3 cm³/mol. The molecule has 1 amide bonds. The lowest BCUT2D eigenvalue weighted by atomic mass is 9.89. The van der Waals surface area contributed by atoms with Crippen LogP contribution in [0.5, 0.6) is 0 Å². The van der Waals surface area contributed by atoms with Crippen LogP contribution in [0.15, 0.2) is 12.7 Å². The van der Waals surface area contributed by atoms with E-state index in [4.69, 9.17) is 5.10 Å². The highest BCUT2D eigenvalue weighted by atomic mass is 16.2. The van der Waals surface area contributed by atoms with Gasteiger partial charge in [-0.2, -0.15) is 5.10 Å². The third kappa shape index (κ3) is 2.07. The molecule has 0 atom stereocenters. The Balaban J connectivity index is 2.36. The first-order valence-corrected chi connectivity index (χ1v) is 6.32. The number of hydrogen-bond acceptors (Lipinski definition) is 2. The minimum absolute atomic E-state index is 0.000779. The highest BCUT2D eigenvalue weighted by Crippen LogP contribution is 2.28. The third-order valence-corrected chi connectivity index (χ3v) is 3.44. The molecule has 2 rings (SSSR count). The van der Waals surface area contributed by atoms with Gasteiger partial charge in [0.05, 0.1) is 24.5 Å². The molecule has 1 aliphatic rings. The molecule has 98 valence electrons. The van der Waals surface area contributed by atoms with Gasteiger partial charge in [0.2, 0.25) is 5.91 Å². The maximum Gasteiger partial charge on any atom is 0.246 e. The maximum absolute atomic E-state index is 11.7. The molecule has 0 unspecified atom stereocenters. The molecule has 0 fully saturated rings. The van der Waals surface area contributed by atoms with Crippen molar-refractivity contribution in [1.29, 1.82) is 0 Å². The molecule has 4 nitrogen and oxygen atoms in total. The van der Waals surface area contributed by atoms with E-state index in [-0.39, 0.29) is 11.3 Å². The molecule has 0 saturated carbocycles. The molecule has 0 aliphatic carbocycles. The van der Waals surface area contributed by atoms with Gasteiger partial charge in [-0.15, -0.1) is 0 Å². The summed E-state index contributed by atoms with van der Waals surface area (Å²) in [5.41, 5.74) is 3.54. The van der Waals surface area contributed by atoms with Crippen molar-refractivity contribution in [3.05, 3.63) is 29.6 Å². The van der Waals surface area contributed by atoms with Gasteiger partial charge in [0.1, 0.15) is 0 Å². The van der Waals surface area contributed by atoms with Crippen LogP contribution in [-0.4, -0.2) is 27.1 Å². The summed E-state index contributed by atoms with van der Waals surface area (Å²) in [4.78, 5) is 13.5. The molecule has 18 heavy (non-hydrogen) atoms. The van der Waals surface area contributed by atoms with Crippen LogP contribution in [0.25, 0.3) is 0 Å². The van der Waals surface area contributed by atoms with Crippen LogP contribution in [0, 0.1) is 6.92 Å². The Morgan fingerprint density at radius 3 is 2.61 bits per heavy atom. The molecule has 0 bridgehead atoms. The van der Waals surface area contributed by atoms with Crippen LogP contribution in [0.3, 0.4) is 0 Å². The van der Waals surface area contributed by atoms with Crippen molar-refractivity contribution in [2.24, 2.45) is 0 Å². The van der Waals surface area contributed by atoms with Crippen molar-refractivity contribution >= 4 is 5.91 Å². The lowest BCUT2D eigenvalue weighted by molar-refractivity contribution is -0.127. The SMILES string of the molecule is C=CC(=O)N1CCn2nc(C(C)(C)C)c(C)c2C1. The molecule has 0 radical (unpaired) electrons. The third-order valence-electron chi connectivity index (χ3n) is 3.44. The lowest BCUT2D eigenvalue weighted by Crippen LogP contribution is -2.37. The van der Waals surface area contributed by atoms with E-state index in [1.54, 1.807) is 0 Å². The summed E-state index contributed by atoms with van der Waals surface area (Å²) in [6, 6.07) is 0. The fourth-order valence-electron chi connectivity index (χ4n) is 2.48. The Hall–Kier alpha value is -1.58. The Morgan fingerprint density at radius 1 is 1.39 bits per heavy atom. The van der Waals surface area contributed by atoms with Gasteiger partial charge in [-0.1, -0.05) is 27.4 Å². The molecule has 1 aromatic heterocycles. The minimum Gasteiger partial charge on any atom is -0.331 e. The van der Waals surface area contributed by atoms with Crippen LogP contribution < -0.4 is 0 Å². The average molecular weight is 247 g/mol. The first kappa shape index (κ1) is 12.9. The topological polar surface area (TPSA) is 38.1 Å². The van der Waals surface area contributed by atoms with Crippen molar-refractivity contribution in [2.45, 2.75) is 46.2 Å². The molecular weight excluding hydrogens is 226 g/mol. The van der Waals surface area contributed by atoms with Crippen LogP contribution >= 0.6 is 0 Å². The minimum atomic E-state index is -0.000779. The van der Waals surface area contributed by atoms with E-state index < -0.39 is 0 Å². The van der Waals surface area contributed by atoms with Gasteiger partial charge in [0.25, 0.3) is 0 Å². The summed E-state index contributed by atoms with van der Waals surface area (Å²) < 4.78 is 2.04. The summed E-state index contributed by atoms with van der Waals surface area (Å²) in [6.07, 6.45) is 1.38. The molecular formula is C14H21N3O. The second-order valence-electron chi connectivity index (χ2n) is 5.86. The van der Waals surface area contributed by atoms with Crippen molar-refractivity contribution in [1.82, 2.24) is 14.7 Å². The molecule has 4 heteroatoms. The number of aromatic nitrogens is 2. The van der Waals surface area contributed by atoms with Gasteiger partial charge in [0.15, 0.2) is 0 Å². The van der Waals surface area contributed by atoms with Crippen molar-refractivity contribution < 1.29 is 4.79 Å². The predicted octanol–water partition coefficient (Wildman–Crippen LogP) is 2.02. The zero-order chi connectivity index (χ0) is 13.5. The lowest BCUT2D eigenvalue weighted by Gasteiger charge is -2.27. The summed E-state index contributed by atoms with van der Waals surface area (Å²) in [6.45, 7) is 14.3. The van der Waals surface area contributed by atoms with E-state index in [0.29, 0.717) is 13.1 Å². The monoisotopic (exact) mass is 247 g/mol. The van der Waals surface area contributed by atoms with Crippen LogP contribution in [-0.2, 0) is 23.3 Å². The van der Waals surface area contributed by atoms with E-state index >= 15 is 0 Å². The van der Waals surface area contributed by atoms with Gasteiger partial charge in [-0.25, -0.2) is 0 Å². The fraction of sp³-hybridized carbons (Fsp3) is 0.571. The first-order chi connectivity index (χ1) is 8.34. The average Bonchev–Trinajstić information content (AvgIpc) is 2.65. The van der Waals surface area contributed by atoms with Gasteiger partial charge < -0.3 is 4.90 Å². The van der Waals surface area contributed by atoms with Gasteiger partial charge in [-0.05, 0) is 18.6 Å². The molecule has 2 heterocycles. The van der Waals surface area contributed by atoms with E-state index in [0.717, 1.165) is 17.9 Å². The number of amides is 1. The first-order valence-electron chi connectivity index (χ1n) is 6.32. The zero-order valence-electron chi connectivity index (χ0n) is 11.7. The Bertz CT molecular complexity index is 494. The van der Waals surface area contributed by atoms with Gasteiger partial charge in [-0.3, -0.25) is 9.48 Å². The highest BCUT2D eigenvalue weighted by Gasteiger charge is 2.28.